The Labute approximate surface area is 149 Å². The van der Waals surface area contributed by atoms with Crippen molar-refractivity contribution in [3.63, 3.8) is 0 Å². The van der Waals surface area contributed by atoms with Crippen LogP contribution in [0.3, 0.4) is 0 Å². The van der Waals surface area contributed by atoms with Gasteiger partial charge in [-0.2, -0.15) is 0 Å². The molecule has 2 heterocycles. The summed E-state index contributed by atoms with van der Waals surface area (Å²) in [5.74, 6) is 0. The van der Waals surface area contributed by atoms with E-state index in [0.717, 1.165) is 23.1 Å². The molecule has 0 saturated heterocycles. The van der Waals surface area contributed by atoms with Gasteiger partial charge in [0.1, 0.15) is 0 Å². The van der Waals surface area contributed by atoms with Gasteiger partial charge in [0.25, 0.3) is 0 Å². The van der Waals surface area contributed by atoms with Gasteiger partial charge in [-0.15, -0.1) is 0 Å². The monoisotopic (exact) mass is 388 g/mol. The molecule has 24 heavy (non-hydrogen) atoms. The first-order chi connectivity index (χ1) is 11.6. The Morgan fingerprint density at radius 2 is 2.29 bits per heavy atom. The summed E-state index contributed by atoms with van der Waals surface area (Å²) in [7, 11) is 2.13. The highest BCUT2D eigenvalue weighted by molar-refractivity contribution is 9.10. The summed E-state index contributed by atoms with van der Waals surface area (Å²) in [6.07, 6.45) is 3.21. The van der Waals surface area contributed by atoms with E-state index in [0.29, 0.717) is 12.6 Å². The van der Waals surface area contributed by atoms with Gasteiger partial charge in [0.05, 0.1) is 10.6 Å². The van der Waals surface area contributed by atoms with Crippen molar-refractivity contribution in [2.45, 2.75) is 25.4 Å². The molecule has 3 N–H and O–H groups in total. The Kier molecular flexibility index (Phi) is 3.89. The molecule has 6 heteroatoms. The summed E-state index contributed by atoms with van der Waals surface area (Å²) in [4.78, 5) is 17.7. The van der Waals surface area contributed by atoms with E-state index < -0.39 is 0 Å². The summed E-state index contributed by atoms with van der Waals surface area (Å²) in [6, 6.07) is 6.66. The minimum absolute atomic E-state index is 0.0204. The summed E-state index contributed by atoms with van der Waals surface area (Å²) in [5.41, 5.74) is 5.10. The number of hydrogen-bond donors (Lipinski definition) is 3. The number of carbonyl (C=O) groups excluding carboxylic acids is 1. The van der Waals surface area contributed by atoms with Gasteiger partial charge in [-0.25, -0.2) is 4.79 Å². The highest BCUT2D eigenvalue weighted by atomic mass is 79.9. The molecule has 0 saturated carbocycles. The van der Waals surface area contributed by atoms with Crippen LogP contribution in [0.1, 0.15) is 18.1 Å². The SMILES string of the molecule is CCNC(=O)N[C@H]1C=C2c3cccc4[nH]c(Br)c(c34)C[C@H]2N(C)C1. The lowest BCUT2D eigenvalue weighted by Gasteiger charge is -2.40. The second kappa shape index (κ2) is 5.93. The average Bonchev–Trinajstić information content (AvgIpc) is 2.86. The smallest absolute Gasteiger partial charge is 0.315 e. The van der Waals surface area contributed by atoms with Gasteiger partial charge in [0.15, 0.2) is 0 Å². The highest BCUT2D eigenvalue weighted by Gasteiger charge is 2.34. The highest BCUT2D eigenvalue weighted by Crippen LogP contribution is 2.42. The largest absolute Gasteiger partial charge is 0.349 e. The number of rotatable bonds is 2. The van der Waals surface area contributed by atoms with Crippen molar-refractivity contribution in [3.8, 4) is 0 Å². The Hall–Kier alpha value is -1.79. The molecule has 126 valence electrons. The van der Waals surface area contributed by atoms with E-state index in [9.17, 15) is 4.79 Å². The third-order valence-corrected chi connectivity index (χ3v) is 5.67. The van der Waals surface area contributed by atoms with Gasteiger partial charge in [0.2, 0.25) is 0 Å². The predicted octanol–water partition coefficient (Wildman–Crippen LogP) is 2.87. The molecule has 2 aliphatic rings. The molecule has 0 unspecified atom stereocenters. The standard InChI is InChI=1S/C18H21BrN4O/c1-3-20-18(24)21-10-7-12-11-5-4-6-14-16(11)13(17(19)22-14)8-15(12)23(2)9-10/h4-7,10,15,22H,3,8-9H2,1-2H3,(H2,20,21,24)/t10-,15+/m0/s1. The fourth-order valence-corrected chi connectivity index (χ4v) is 4.54. The number of aromatic amines is 1. The van der Waals surface area contributed by atoms with E-state index in [1.54, 1.807) is 0 Å². The third-order valence-electron chi connectivity index (χ3n) is 4.99. The van der Waals surface area contributed by atoms with Gasteiger partial charge in [-0.3, -0.25) is 4.90 Å². The summed E-state index contributed by atoms with van der Waals surface area (Å²) in [5, 5.41) is 7.17. The van der Waals surface area contributed by atoms with Crippen molar-refractivity contribution >= 4 is 38.4 Å². The molecule has 0 spiro atoms. The summed E-state index contributed by atoms with van der Waals surface area (Å²) >= 11 is 3.68. The van der Waals surface area contributed by atoms with Crippen LogP contribution in [0.25, 0.3) is 16.5 Å². The van der Waals surface area contributed by atoms with Crippen LogP contribution in [0, 0.1) is 0 Å². The van der Waals surface area contributed by atoms with Crippen LogP contribution in [-0.4, -0.2) is 48.1 Å². The lowest BCUT2D eigenvalue weighted by Crippen LogP contribution is -2.52. The topological polar surface area (TPSA) is 60.2 Å². The number of aromatic nitrogens is 1. The van der Waals surface area contributed by atoms with Gasteiger partial charge in [0, 0.05) is 30.0 Å². The van der Waals surface area contributed by atoms with Gasteiger partial charge >= 0.3 is 6.03 Å². The maximum Gasteiger partial charge on any atom is 0.315 e. The molecular formula is C18H21BrN4O. The molecule has 2 atom stereocenters. The van der Waals surface area contributed by atoms with E-state index in [1.807, 2.05) is 6.92 Å². The van der Waals surface area contributed by atoms with Crippen LogP contribution in [0.5, 0.6) is 0 Å². The van der Waals surface area contributed by atoms with Crippen molar-refractivity contribution in [1.29, 1.82) is 0 Å². The van der Waals surface area contributed by atoms with Crippen LogP contribution in [-0.2, 0) is 6.42 Å². The minimum Gasteiger partial charge on any atom is -0.349 e. The van der Waals surface area contributed by atoms with Crippen LogP contribution < -0.4 is 10.6 Å². The van der Waals surface area contributed by atoms with Gasteiger partial charge in [-0.05, 0) is 59.1 Å². The quantitative estimate of drug-likeness (QED) is 0.740. The third kappa shape index (κ3) is 2.45. The van der Waals surface area contributed by atoms with Crippen LogP contribution >= 0.6 is 15.9 Å². The fourth-order valence-electron chi connectivity index (χ4n) is 3.97. The van der Waals surface area contributed by atoms with Crippen molar-refractivity contribution in [2.24, 2.45) is 0 Å². The minimum atomic E-state index is -0.106. The normalized spacial score (nSPS) is 22.9. The molecule has 0 fully saturated rings. The van der Waals surface area contributed by atoms with Crippen LogP contribution in [0.4, 0.5) is 4.79 Å². The molecule has 1 aromatic heterocycles. The summed E-state index contributed by atoms with van der Waals surface area (Å²) in [6.45, 7) is 3.38. The molecule has 2 amide bonds. The van der Waals surface area contributed by atoms with E-state index in [2.05, 4.69) is 67.8 Å². The number of nitrogens with zero attached hydrogens (tertiary/aromatic N) is 1. The molecule has 1 aromatic carbocycles. The Balaban J connectivity index is 1.77. The second-order valence-electron chi connectivity index (χ2n) is 6.54. The number of halogens is 1. The zero-order chi connectivity index (χ0) is 16.8. The van der Waals surface area contributed by atoms with Crippen LogP contribution in [0.2, 0.25) is 0 Å². The first kappa shape index (κ1) is 15.7. The van der Waals surface area contributed by atoms with Crippen molar-refractivity contribution < 1.29 is 4.79 Å². The molecule has 0 radical (unpaired) electrons. The molecule has 1 aliphatic heterocycles. The number of nitrogens with one attached hydrogen (secondary N) is 3. The van der Waals surface area contributed by atoms with E-state index in [4.69, 9.17) is 0 Å². The number of likely N-dealkylation sites (N-methyl/N-ethyl adjacent to an activating group) is 1. The molecule has 4 rings (SSSR count). The number of hydrogen-bond acceptors (Lipinski definition) is 2. The maximum absolute atomic E-state index is 11.9. The number of carbonyl (C=O) groups is 1. The Morgan fingerprint density at radius 1 is 1.46 bits per heavy atom. The molecular weight excluding hydrogens is 368 g/mol. The Bertz CT molecular complexity index is 841. The van der Waals surface area contributed by atoms with Crippen molar-refractivity contribution in [3.05, 3.63) is 40.0 Å². The van der Waals surface area contributed by atoms with Gasteiger partial charge < -0.3 is 15.6 Å². The number of fused-ring (bicyclic) bond motifs is 2. The molecule has 1 aliphatic carbocycles. The molecule has 5 nitrogen and oxygen atoms in total. The number of benzene rings is 1. The van der Waals surface area contributed by atoms with Crippen molar-refractivity contribution in [1.82, 2.24) is 20.5 Å². The van der Waals surface area contributed by atoms with E-state index in [-0.39, 0.29) is 12.1 Å². The second-order valence-corrected chi connectivity index (χ2v) is 7.33. The first-order valence-electron chi connectivity index (χ1n) is 8.34. The fraction of sp³-hybridized carbons (Fsp3) is 0.389. The number of H-pyrrole nitrogens is 1. The molecule has 0 bridgehead atoms. The van der Waals surface area contributed by atoms with E-state index >= 15 is 0 Å². The molecule has 2 aromatic rings. The van der Waals surface area contributed by atoms with Gasteiger partial charge in [-0.1, -0.05) is 18.2 Å². The predicted molar refractivity (Wildman–Crippen MR) is 100 cm³/mol. The zero-order valence-corrected chi connectivity index (χ0v) is 15.4. The number of amides is 2. The lowest BCUT2D eigenvalue weighted by molar-refractivity contribution is 0.226. The number of urea groups is 1. The van der Waals surface area contributed by atoms with Crippen molar-refractivity contribution in [2.75, 3.05) is 20.1 Å². The Morgan fingerprint density at radius 3 is 3.08 bits per heavy atom. The maximum atomic E-state index is 11.9. The van der Waals surface area contributed by atoms with E-state index in [1.165, 1.54) is 22.1 Å². The zero-order valence-electron chi connectivity index (χ0n) is 13.8. The van der Waals surface area contributed by atoms with Crippen LogP contribution in [0.15, 0.2) is 28.9 Å². The summed E-state index contributed by atoms with van der Waals surface area (Å²) < 4.78 is 1.08. The first-order valence-corrected chi connectivity index (χ1v) is 9.13. The lowest BCUT2D eigenvalue weighted by atomic mass is 9.81. The average molecular weight is 389 g/mol.